The Bertz CT molecular complexity index is 629. The summed E-state index contributed by atoms with van der Waals surface area (Å²) >= 11 is 0. The van der Waals surface area contributed by atoms with Crippen molar-refractivity contribution in [3.8, 4) is 0 Å². The van der Waals surface area contributed by atoms with Crippen molar-refractivity contribution >= 4 is 5.91 Å². The molecule has 5 nitrogen and oxygen atoms in total. The van der Waals surface area contributed by atoms with Gasteiger partial charge in [-0.05, 0) is 37.8 Å². The lowest BCUT2D eigenvalue weighted by atomic mass is 9.84. The number of fused-ring (bicyclic) bond motifs is 1. The van der Waals surface area contributed by atoms with E-state index in [-0.39, 0.29) is 24.3 Å². The fourth-order valence-corrected chi connectivity index (χ4v) is 3.46. The van der Waals surface area contributed by atoms with Gasteiger partial charge in [0.15, 0.2) is 0 Å². The van der Waals surface area contributed by atoms with Crippen LogP contribution in [0.15, 0.2) is 18.5 Å². The maximum atomic E-state index is 13.5. The van der Waals surface area contributed by atoms with Crippen molar-refractivity contribution < 1.29 is 9.18 Å². The van der Waals surface area contributed by atoms with E-state index >= 15 is 0 Å². The fourth-order valence-electron chi connectivity index (χ4n) is 3.46. The minimum Gasteiger partial charge on any atom is -0.316 e. The molecule has 0 bridgehead atoms. The number of carbonyl (C=O) groups is 1. The van der Waals surface area contributed by atoms with Crippen molar-refractivity contribution in [3.63, 3.8) is 0 Å². The van der Waals surface area contributed by atoms with Crippen LogP contribution in [0.3, 0.4) is 0 Å². The molecule has 0 aromatic carbocycles. The molecule has 2 saturated heterocycles. The van der Waals surface area contributed by atoms with Crippen LogP contribution >= 0.6 is 0 Å². The van der Waals surface area contributed by atoms with Crippen LogP contribution in [0.2, 0.25) is 0 Å². The third kappa shape index (κ3) is 2.46. The normalized spacial score (nSPS) is 29.0. The van der Waals surface area contributed by atoms with Gasteiger partial charge in [-0.2, -0.15) is 0 Å². The van der Waals surface area contributed by atoms with E-state index in [2.05, 4.69) is 9.83 Å². The van der Waals surface area contributed by atoms with Crippen LogP contribution in [0.25, 0.3) is 4.85 Å². The fraction of sp³-hybridized carbons (Fsp3) is 0.562. The second kappa shape index (κ2) is 5.65. The van der Waals surface area contributed by atoms with Gasteiger partial charge in [0.05, 0.1) is 12.2 Å². The van der Waals surface area contributed by atoms with E-state index in [9.17, 15) is 9.18 Å². The van der Waals surface area contributed by atoms with Gasteiger partial charge in [-0.15, -0.1) is 0 Å². The average Bonchev–Trinajstić information content (AvgIpc) is 2.85. The van der Waals surface area contributed by atoms with Crippen molar-refractivity contribution in [2.24, 2.45) is 5.41 Å². The number of amides is 1. The molecular formula is C16H19FN4O. The van der Waals surface area contributed by atoms with Gasteiger partial charge in [0, 0.05) is 19.3 Å². The van der Waals surface area contributed by atoms with Crippen LogP contribution in [0.1, 0.15) is 37.8 Å². The summed E-state index contributed by atoms with van der Waals surface area (Å²) in [6.45, 7) is 10.8. The Morgan fingerprint density at radius 1 is 1.50 bits per heavy atom. The summed E-state index contributed by atoms with van der Waals surface area (Å²) in [5.41, 5.74) is 0.0720. The Kier molecular flexibility index (Phi) is 3.83. The van der Waals surface area contributed by atoms with Crippen LogP contribution in [-0.2, 0) is 4.79 Å². The predicted octanol–water partition coefficient (Wildman–Crippen LogP) is 2.43. The van der Waals surface area contributed by atoms with Crippen LogP contribution in [0.4, 0.5) is 4.39 Å². The monoisotopic (exact) mass is 302 g/mol. The maximum absolute atomic E-state index is 13.5. The summed E-state index contributed by atoms with van der Waals surface area (Å²) in [7, 11) is 0. The molecule has 116 valence electrons. The Labute approximate surface area is 129 Å². The highest BCUT2D eigenvalue weighted by Crippen LogP contribution is 2.40. The van der Waals surface area contributed by atoms with Gasteiger partial charge >= 0.3 is 0 Å². The lowest BCUT2D eigenvalue weighted by molar-refractivity contribution is -0.154. The van der Waals surface area contributed by atoms with Crippen molar-refractivity contribution in [3.05, 3.63) is 41.3 Å². The first-order valence-electron chi connectivity index (χ1n) is 7.57. The zero-order valence-corrected chi connectivity index (χ0v) is 12.6. The topological polar surface area (TPSA) is 40.8 Å². The van der Waals surface area contributed by atoms with Gasteiger partial charge in [-0.25, -0.2) is 16.0 Å². The lowest BCUT2D eigenvalue weighted by Gasteiger charge is -2.34. The molecule has 2 atom stereocenters. The van der Waals surface area contributed by atoms with Gasteiger partial charge in [-0.3, -0.25) is 14.8 Å². The Balaban J connectivity index is 1.95. The molecule has 0 aliphatic carbocycles. The average molecular weight is 302 g/mol. The summed E-state index contributed by atoms with van der Waals surface area (Å²) in [5.74, 6) is -0.407. The maximum Gasteiger partial charge on any atom is 0.250 e. The number of hydrogen-bond donors (Lipinski definition) is 0. The number of nitrogens with zero attached hydrogens (tertiary/aromatic N) is 4. The zero-order valence-electron chi connectivity index (χ0n) is 12.6. The second-order valence-corrected chi connectivity index (χ2v) is 6.32. The molecule has 22 heavy (non-hydrogen) atoms. The Hall–Kier alpha value is -2.00. The number of hydrogen-bond acceptors (Lipinski definition) is 3. The van der Waals surface area contributed by atoms with Gasteiger partial charge in [0.1, 0.15) is 11.2 Å². The van der Waals surface area contributed by atoms with E-state index in [0.29, 0.717) is 0 Å². The smallest absolute Gasteiger partial charge is 0.250 e. The molecule has 2 aliphatic heterocycles. The Morgan fingerprint density at radius 3 is 3.05 bits per heavy atom. The van der Waals surface area contributed by atoms with Gasteiger partial charge in [0.2, 0.25) is 6.54 Å². The lowest BCUT2D eigenvalue weighted by Crippen LogP contribution is -2.47. The molecule has 1 unspecified atom stereocenters. The summed E-state index contributed by atoms with van der Waals surface area (Å²) in [6.07, 6.45) is 5.17. The number of pyridine rings is 1. The second-order valence-electron chi connectivity index (χ2n) is 6.32. The number of hydrazine groups is 1. The molecule has 3 heterocycles. The van der Waals surface area contributed by atoms with Crippen LogP contribution < -0.4 is 0 Å². The first-order chi connectivity index (χ1) is 10.5. The molecule has 1 amide bonds. The van der Waals surface area contributed by atoms with E-state index in [1.807, 2.05) is 11.9 Å². The van der Waals surface area contributed by atoms with E-state index in [1.54, 1.807) is 11.2 Å². The molecule has 0 saturated carbocycles. The third-order valence-electron chi connectivity index (χ3n) is 4.67. The summed E-state index contributed by atoms with van der Waals surface area (Å²) in [4.78, 5) is 20.4. The zero-order chi connectivity index (χ0) is 15.7. The van der Waals surface area contributed by atoms with Crippen LogP contribution in [-0.4, -0.2) is 40.5 Å². The number of aromatic nitrogens is 1. The third-order valence-corrected chi connectivity index (χ3v) is 4.67. The molecule has 0 radical (unpaired) electrons. The number of carbonyl (C=O) groups excluding carboxylic acids is 1. The van der Waals surface area contributed by atoms with Crippen LogP contribution in [0, 0.1) is 17.8 Å². The van der Waals surface area contributed by atoms with Gasteiger partial charge in [-0.1, -0.05) is 0 Å². The van der Waals surface area contributed by atoms with Crippen molar-refractivity contribution in [1.82, 2.24) is 15.0 Å². The van der Waals surface area contributed by atoms with E-state index in [0.717, 1.165) is 37.9 Å². The summed E-state index contributed by atoms with van der Waals surface area (Å²) in [6, 6.07) is 1.27. The van der Waals surface area contributed by atoms with Gasteiger partial charge < -0.3 is 4.85 Å². The molecule has 2 fully saturated rings. The molecule has 3 rings (SSSR count). The molecule has 0 spiro atoms. The molecule has 1 aromatic heterocycles. The first kappa shape index (κ1) is 14.9. The van der Waals surface area contributed by atoms with E-state index in [4.69, 9.17) is 6.57 Å². The quantitative estimate of drug-likeness (QED) is 0.788. The van der Waals surface area contributed by atoms with Crippen molar-refractivity contribution in [2.75, 3.05) is 19.6 Å². The summed E-state index contributed by atoms with van der Waals surface area (Å²) in [5, 5.41) is 3.81. The Morgan fingerprint density at radius 2 is 2.32 bits per heavy atom. The molecule has 0 N–H and O–H groups in total. The van der Waals surface area contributed by atoms with Gasteiger partial charge in [0.25, 0.3) is 5.91 Å². The summed E-state index contributed by atoms with van der Waals surface area (Å²) < 4.78 is 13.5. The largest absolute Gasteiger partial charge is 0.316 e. The molecule has 6 heteroatoms. The number of halogens is 1. The molecular weight excluding hydrogens is 283 g/mol. The predicted molar refractivity (Wildman–Crippen MR) is 78.8 cm³/mol. The minimum atomic E-state index is -0.653. The highest BCUT2D eigenvalue weighted by atomic mass is 19.1. The highest BCUT2D eigenvalue weighted by Gasteiger charge is 2.48. The van der Waals surface area contributed by atoms with Crippen LogP contribution in [0.5, 0.6) is 0 Å². The van der Waals surface area contributed by atoms with E-state index < -0.39 is 5.41 Å². The molecule has 1 aromatic rings. The van der Waals surface area contributed by atoms with E-state index in [1.165, 1.54) is 12.3 Å². The highest BCUT2D eigenvalue weighted by molar-refractivity contribution is 5.83. The van der Waals surface area contributed by atoms with Crippen molar-refractivity contribution in [1.29, 1.82) is 0 Å². The number of rotatable bonds is 2. The SMILES string of the molecule is [C-]#[N+]CC1(C)CCCN2CC[C@@H](c3cncc(F)c3)N2C1=O. The first-order valence-corrected chi connectivity index (χ1v) is 7.57. The standard InChI is InChI=1S/C16H19FN4O/c1-16(11-18-2)5-3-6-20-7-4-14(21(20)15(16)22)12-8-13(17)10-19-9-12/h8-10,14H,3-7,11H2,1H3/t14-,16?/m0/s1. The molecule has 2 aliphatic rings. The van der Waals surface area contributed by atoms with Crippen molar-refractivity contribution in [2.45, 2.75) is 32.2 Å². The minimum absolute atomic E-state index is 0.0206.